The molecule has 1 aromatic carbocycles. The van der Waals surface area contributed by atoms with Crippen LogP contribution in [0.5, 0.6) is 0 Å². The molecule has 0 bridgehead atoms. The van der Waals surface area contributed by atoms with Gasteiger partial charge in [0, 0.05) is 12.6 Å². The normalized spacial score (nSPS) is 10.2. The molecule has 0 amide bonds. The zero-order valence-electron chi connectivity index (χ0n) is 20.8. The zero-order valence-corrected chi connectivity index (χ0v) is 22.6. The molecule has 0 aliphatic heterocycles. The third kappa shape index (κ3) is 25.0. The first-order chi connectivity index (χ1) is 15.7. The molecular formula is C23H43N2O6PS. The lowest BCUT2D eigenvalue weighted by Gasteiger charge is -2.17. The van der Waals surface area contributed by atoms with Crippen molar-refractivity contribution < 1.29 is 27.7 Å². The predicted octanol–water partition coefficient (Wildman–Crippen LogP) is 6.46. The van der Waals surface area contributed by atoms with Crippen LogP contribution in [0.3, 0.4) is 0 Å². The van der Waals surface area contributed by atoms with Crippen molar-refractivity contribution in [2.24, 2.45) is 5.73 Å². The smallest absolute Gasteiger partial charge is 0.466 e. The quantitative estimate of drug-likeness (QED) is 0.127. The van der Waals surface area contributed by atoms with Crippen LogP contribution >= 0.6 is 20.0 Å². The third-order valence-corrected chi connectivity index (χ3v) is 5.23. The maximum atomic E-state index is 12.2. The molecule has 0 fully saturated rings. The minimum absolute atomic E-state index is 0.211. The fraction of sp³-hybridized carbons (Fsp3) is 0.652. The van der Waals surface area contributed by atoms with Gasteiger partial charge in [0.1, 0.15) is 0 Å². The number of benzene rings is 1. The molecule has 0 radical (unpaired) electrons. The van der Waals surface area contributed by atoms with E-state index in [0.717, 1.165) is 44.2 Å². The van der Waals surface area contributed by atoms with Crippen molar-refractivity contribution in [3.63, 3.8) is 0 Å². The zero-order chi connectivity index (χ0) is 25.4. The Labute approximate surface area is 205 Å². The fourth-order valence-electron chi connectivity index (χ4n) is 1.94. The maximum absolute atomic E-state index is 12.2. The summed E-state index contributed by atoms with van der Waals surface area (Å²) in [6, 6.07) is 9.57. The first kappa shape index (κ1) is 33.7. The molecule has 0 heterocycles. The molecule has 0 saturated heterocycles. The number of carbonyl (C=O) groups is 1. The average Bonchev–Trinajstić information content (AvgIpc) is 2.75. The SMILES string of the molecule is CCCCOP(=O)(OCCCC)OCCCC.CCOC(C)=O.NC(=S)Nc1ccccc1. The van der Waals surface area contributed by atoms with Crippen LogP contribution in [-0.4, -0.2) is 37.5 Å². The Morgan fingerprint density at radius 3 is 1.61 bits per heavy atom. The molecule has 0 saturated carbocycles. The van der Waals surface area contributed by atoms with Gasteiger partial charge >= 0.3 is 13.8 Å². The third-order valence-electron chi connectivity index (χ3n) is 3.63. The summed E-state index contributed by atoms with van der Waals surface area (Å²) in [6.45, 7) is 11.1. The van der Waals surface area contributed by atoms with Crippen LogP contribution in [0, 0.1) is 0 Å². The van der Waals surface area contributed by atoms with Gasteiger partial charge in [-0.15, -0.1) is 0 Å². The standard InChI is InChI=1S/C12H27O4P.C7H8N2S.C4H8O2/c1-4-7-10-14-17(13,15-11-8-5-2)16-12-9-6-3;8-7(10)9-6-4-2-1-3-5-6;1-3-6-4(2)5/h4-12H2,1-3H3;1-5H,(H3,8,9,10);3H2,1-2H3. The van der Waals surface area contributed by atoms with Crippen molar-refractivity contribution in [3.8, 4) is 0 Å². The number of esters is 1. The molecule has 0 spiro atoms. The van der Waals surface area contributed by atoms with Gasteiger partial charge in [0.15, 0.2) is 5.11 Å². The van der Waals surface area contributed by atoms with Crippen molar-refractivity contribution in [1.29, 1.82) is 0 Å². The van der Waals surface area contributed by atoms with E-state index in [4.69, 9.17) is 19.3 Å². The van der Waals surface area contributed by atoms with E-state index in [0.29, 0.717) is 31.5 Å². The van der Waals surface area contributed by atoms with E-state index < -0.39 is 7.82 Å². The molecule has 0 aliphatic rings. The minimum atomic E-state index is -3.31. The van der Waals surface area contributed by atoms with E-state index in [-0.39, 0.29) is 5.97 Å². The van der Waals surface area contributed by atoms with Crippen LogP contribution in [0.25, 0.3) is 0 Å². The number of para-hydroxylation sites is 1. The molecule has 1 rings (SSSR count). The highest BCUT2D eigenvalue weighted by molar-refractivity contribution is 7.80. The number of rotatable bonds is 14. The Kier molecular flexibility index (Phi) is 24.1. The molecular weight excluding hydrogens is 463 g/mol. The van der Waals surface area contributed by atoms with Gasteiger partial charge < -0.3 is 15.8 Å². The highest BCUT2D eigenvalue weighted by Crippen LogP contribution is 2.49. The molecule has 33 heavy (non-hydrogen) atoms. The molecule has 0 unspecified atom stereocenters. The second-order valence-electron chi connectivity index (χ2n) is 6.79. The largest absolute Gasteiger partial charge is 0.474 e. The van der Waals surface area contributed by atoms with Gasteiger partial charge in [-0.05, 0) is 50.5 Å². The lowest BCUT2D eigenvalue weighted by atomic mass is 10.3. The van der Waals surface area contributed by atoms with Gasteiger partial charge in [-0.25, -0.2) is 4.57 Å². The molecule has 3 N–H and O–H groups in total. The molecule has 192 valence electrons. The number of nitrogens with two attached hydrogens (primary N) is 1. The van der Waals surface area contributed by atoms with Crippen LogP contribution in [0.4, 0.5) is 5.69 Å². The van der Waals surface area contributed by atoms with Crippen molar-refractivity contribution in [2.45, 2.75) is 73.1 Å². The van der Waals surface area contributed by atoms with E-state index in [1.54, 1.807) is 6.92 Å². The number of carbonyl (C=O) groups excluding carboxylic acids is 1. The number of phosphoric ester groups is 1. The van der Waals surface area contributed by atoms with Crippen molar-refractivity contribution in [3.05, 3.63) is 30.3 Å². The number of hydrogen-bond acceptors (Lipinski definition) is 7. The lowest BCUT2D eigenvalue weighted by Crippen LogP contribution is -2.18. The van der Waals surface area contributed by atoms with Gasteiger partial charge in [0.05, 0.1) is 26.4 Å². The highest BCUT2D eigenvalue weighted by Gasteiger charge is 2.25. The van der Waals surface area contributed by atoms with E-state index in [1.165, 1.54) is 6.92 Å². The van der Waals surface area contributed by atoms with Gasteiger partial charge in [-0.2, -0.15) is 0 Å². The molecule has 0 aliphatic carbocycles. The maximum Gasteiger partial charge on any atom is 0.474 e. The van der Waals surface area contributed by atoms with Crippen LogP contribution in [-0.2, 0) is 27.7 Å². The van der Waals surface area contributed by atoms with Crippen molar-refractivity contribution in [2.75, 3.05) is 31.7 Å². The van der Waals surface area contributed by atoms with Crippen molar-refractivity contribution >= 4 is 36.8 Å². The Hall–Kier alpha value is -1.51. The van der Waals surface area contributed by atoms with Crippen LogP contribution in [0.1, 0.15) is 73.1 Å². The summed E-state index contributed by atoms with van der Waals surface area (Å²) in [5.74, 6) is -0.211. The topological polar surface area (TPSA) is 109 Å². The van der Waals surface area contributed by atoms with E-state index in [9.17, 15) is 9.36 Å². The Morgan fingerprint density at radius 1 is 0.909 bits per heavy atom. The number of thiocarbonyl (C=S) groups is 1. The van der Waals surface area contributed by atoms with Crippen molar-refractivity contribution in [1.82, 2.24) is 0 Å². The number of unbranched alkanes of at least 4 members (excludes halogenated alkanes) is 3. The molecule has 8 nitrogen and oxygen atoms in total. The Morgan fingerprint density at radius 2 is 1.33 bits per heavy atom. The Balaban J connectivity index is 0. The first-order valence-electron chi connectivity index (χ1n) is 11.5. The van der Waals surface area contributed by atoms with Crippen LogP contribution < -0.4 is 11.1 Å². The van der Waals surface area contributed by atoms with E-state index >= 15 is 0 Å². The molecule has 0 atom stereocenters. The summed E-state index contributed by atoms with van der Waals surface area (Å²) in [4.78, 5) is 9.82. The average molecular weight is 507 g/mol. The predicted molar refractivity (Wildman–Crippen MR) is 139 cm³/mol. The molecule has 1 aromatic rings. The molecule has 0 aromatic heterocycles. The highest BCUT2D eigenvalue weighted by atomic mass is 32.1. The monoisotopic (exact) mass is 506 g/mol. The fourth-order valence-corrected chi connectivity index (χ4v) is 3.34. The number of ether oxygens (including phenoxy) is 1. The summed E-state index contributed by atoms with van der Waals surface area (Å²) in [5.41, 5.74) is 6.17. The summed E-state index contributed by atoms with van der Waals surface area (Å²) in [5, 5.41) is 3.11. The number of nitrogens with one attached hydrogen (secondary N) is 1. The van der Waals surface area contributed by atoms with Gasteiger partial charge in [0.25, 0.3) is 0 Å². The molecule has 10 heteroatoms. The van der Waals surface area contributed by atoms with Gasteiger partial charge in [-0.3, -0.25) is 18.4 Å². The van der Waals surface area contributed by atoms with Gasteiger partial charge in [0.2, 0.25) is 0 Å². The summed E-state index contributed by atoms with van der Waals surface area (Å²) >= 11 is 4.64. The van der Waals surface area contributed by atoms with E-state index in [2.05, 4.69) is 43.0 Å². The van der Waals surface area contributed by atoms with Crippen LogP contribution in [0.2, 0.25) is 0 Å². The van der Waals surface area contributed by atoms with Crippen LogP contribution in [0.15, 0.2) is 30.3 Å². The second kappa shape index (κ2) is 23.6. The number of anilines is 1. The lowest BCUT2D eigenvalue weighted by molar-refractivity contribution is -0.140. The van der Waals surface area contributed by atoms with E-state index in [1.807, 2.05) is 30.3 Å². The summed E-state index contributed by atoms with van der Waals surface area (Å²) in [6.07, 6.45) is 5.63. The van der Waals surface area contributed by atoms with Gasteiger partial charge in [-0.1, -0.05) is 58.2 Å². The summed E-state index contributed by atoms with van der Waals surface area (Å²) in [7, 11) is -3.31. The second-order valence-corrected chi connectivity index (χ2v) is 8.90. The Bertz CT molecular complexity index is 616. The minimum Gasteiger partial charge on any atom is -0.466 e. The number of phosphoric acid groups is 1. The summed E-state index contributed by atoms with van der Waals surface area (Å²) < 4.78 is 32.4. The number of hydrogen-bond donors (Lipinski definition) is 2. The first-order valence-corrected chi connectivity index (χ1v) is 13.4.